The van der Waals surface area contributed by atoms with E-state index in [9.17, 15) is 9.18 Å². The molecule has 1 aromatic heterocycles. The molecule has 0 saturated carbocycles. The van der Waals surface area contributed by atoms with Gasteiger partial charge in [-0.2, -0.15) is 5.10 Å². The van der Waals surface area contributed by atoms with E-state index in [1.165, 1.54) is 23.9 Å². The summed E-state index contributed by atoms with van der Waals surface area (Å²) < 4.78 is 20.1. The number of methoxy groups -OCH3 is 1. The van der Waals surface area contributed by atoms with Gasteiger partial charge in [0, 0.05) is 18.2 Å². The lowest BCUT2D eigenvalue weighted by Crippen LogP contribution is -2.23. The third-order valence-electron chi connectivity index (χ3n) is 2.83. The third kappa shape index (κ3) is 2.96. The second kappa shape index (κ2) is 6.18. The van der Waals surface area contributed by atoms with Crippen molar-refractivity contribution in [3.8, 4) is 5.75 Å². The Labute approximate surface area is 116 Å². The molecule has 1 heterocycles. The highest BCUT2D eigenvalue weighted by Crippen LogP contribution is 2.20. The Morgan fingerprint density at radius 2 is 2.25 bits per heavy atom. The van der Waals surface area contributed by atoms with Crippen LogP contribution >= 0.6 is 0 Å². The molecule has 1 aromatic carbocycles. The SMILES string of the molecule is CCNc1cnn(Cc2cccc(OC)c2F)c(=O)c1. The van der Waals surface area contributed by atoms with Crippen LogP contribution in [-0.4, -0.2) is 23.4 Å². The Morgan fingerprint density at radius 1 is 1.45 bits per heavy atom. The number of nitrogens with one attached hydrogen (secondary N) is 1. The van der Waals surface area contributed by atoms with Crippen LogP contribution in [0.1, 0.15) is 12.5 Å². The fourth-order valence-corrected chi connectivity index (χ4v) is 1.85. The van der Waals surface area contributed by atoms with E-state index in [0.29, 0.717) is 17.8 Å². The molecule has 0 fully saturated rings. The number of aromatic nitrogens is 2. The van der Waals surface area contributed by atoms with Crippen molar-refractivity contribution in [2.75, 3.05) is 19.0 Å². The summed E-state index contributed by atoms with van der Waals surface area (Å²) in [6.07, 6.45) is 1.54. The lowest BCUT2D eigenvalue weighted by Gasteiger charge is -2.09. The van der Waals surface area contributed by atoms with Crippen LogP contribution in [0.25, 0.3) is 0 Å². The van der Waals surface area contributed by atoms with Gasteiger partial charge < -0.3 is 10.1 Å². The fraction of sp³-hybridized carbons (Fsp3) is 0.286. The topological polar surface area (TPSA) is 56.1 Å². The zero-order chi connectivity index (χ0) is 14.5. The Kier molecular flexibility index (Phi) is 4.34. The van der Waals surface area contributed by atoms with E-state index in [-0.39, 0.29) is 17.9 Å². The van der Waals surface area contributed by atoms with Crippen molar-refractivity contribution < 1.29 is 9.13 Å². The van der Waals surface area contributed by atoms with Crippen LogP contribution in [-0.2, 0) is 6.54 Å². The van der Waals surface area contributed by atoms with Crippen LogP contribution in [0, 0.1) is 5.82 Å². The molecule has 20 heavy (non-hydrogen) atoms. The Bertz CT molecular complexity index is 655. The Balaban J connectivity index is 2.29. The molecule has 5 nitrogen and oxygen atoms in total. The fourth-order valence-electron chi connectivity index (χ4n) is 1.85. The van der Waals surface area contributed by atoms with Gasteiger partial charge in [-0.05, 0) is 13.0 Å². The molecular formula is C14H16FN3O2. The van der Waals surface area contributed by atoms with Crippen LogP contribution in [0.15, 0.2) is 35.3 Å². The van der Waals surface area contributed by atoms with Crippen molar-refractivity contribution in [3.05, 3.63) is 52.2 Å². The number of benzene rings is 1. The predicted molar refractivity (Wildman–Crippen MR) is 74.7 cm³/mol. The van der Waals surface area contributed by atoms with E-state index in [2.05, 4.69) is 10.4 Å². The quantitative estimate of drug-likeness (QED) is 0.906. The maximum atomic E-state index is 14.0. The highest BCUT2D eigenvalue weighted by atomic mass is 19.1. The minimum absolute atomic E-state index is 0.0638. The van der Waals surface area contributed by atoms with Crippen molar-refractivity contribution in [3.63, 3.8) is 0 Å². The van der Waals surface area contributed by atoms with Crippen LogP contribution in [0.2, 0.25) is 0 Å². The van der Waals surface area contributed by atoms with Gasteiger partial charge >= 0.3 is 0 Å². The molecule has 2 aromatic rings. The molecule has 0 spiro atoms. The predicted octanol–water partition coefficient (Wildman–Crippen LogP) is 1.87. The average molecular weight is 277 g/mol. The number of ether oxygens (including phenoxy) is 1. The maximum absolute atomic E-state index is 14.0. The molecule has 6 heteroatoms. The number of hydrogen-bond donors (Lipinski definition) is 1. The van der Waals surface area contributed by atoms with E-state index in [0.717, 1.165) is 0 Å². The molecule has 106 valence electrons. The standard InChI is InChI=1S/C14H16FN3O2/c1-3-16-11-7-13(19)18(17-8-11)9-10-5-4-6-12(20-2)14(10)15/h4-8,16H,3,9H2,1-2H3. The lowest BCUT2D eigenvalue weighted by molar-refractivity contribution is 0.383. The first-order valence-electron chi connectivity index (χ1n) is 6.28. The molecule has 0 bridgehead atoms. The molecule has 0 radical (unpaired) electrons. The van der Waals surface area contributed by atoms with Crippen molar-refractivity contribution >= 4 is 5.69 Å². The van der Waals surface area contributed by atoms with E-state index in [1.807, 2.05) is 6.92 Å². The summed E-state index contributed by atoms with van der Waals surface area (Å²) in [4.78, 5) is 11.9. The second-order valence-corrected chi connectivity index (χ2v) is 4.20. The van der Waals surface area contributed by atoms with Crippen LogP contribution < -0.4 is 15.6 Å². The Hall–Kier alpha value is -2.37. The minimum atomic E-state index is -0.473. The highest BCUT2D eigenvalue weighted by molar-refractivity contribution is 5.38. The van der Waals surface area contributed by atoms with Crippen LogP contribution in [0.4, 0.5) is 10.1 Å². The molecular weight excluding hydrogens is 261 g/mol. The van der Waals surface area contributed by atoms with Gasteiger partial charge in [0.15, 0.2) is 11.6 Å². The summed E-state index contributed by atoms with van der Waals surface area (Å²) in [5.41, 5.74) is 0.723. The summed E-state index contributed by atoms with van der Waals surface area (Å²) >= 11 is 0. The van der Waals surface area contributed by atoms with E-state index >= 15 is 0 Å². The highest BCUT2D eigenvalue weighted by Gasteiger charge is 2.10. The van der Waals surface area contributed by atoms with E-state index in [4.69, 9.17) is 4.74 Å². The summed E-state index contributed by atoms with van der Waals surface area (Å²) in [5, 5.41) is 7.02. The number of hydrogen-bond acceptors (Lipinski definition) is 4. The maximum Gasteiger partial charge on any atom is 0.269 e. The molecule has 0 unspecified atom stereocenters. The first kappa shape index (κ1) is 14.0. The third-order valence-corrected chi connectivity index (χ3v) is 2.83. The zero-order valence-corrected chi connectivity index (χ0v) is 11.4. The number of nitrogens with zero attached hydrogens (tertiary/aromatic N) is 2. The summed E-state index contributed by atoms with van der Waals surface area (Å²) in [5.74, 6) is -0.320. The van der Waals surface area contributed by atoms with E-state index < -0.39 is 5.82 Å². The van der Waals surface area contributed by atoms with Crippen LogP contribution in [0.3, 0.4) is 0 Å². The van der Waals surface area contributed by atoms with E-state index in [1.54, 1.807) is 18.3 Å². The molecule has 0 atom stereocenters. The average Bonchev–Trinajstić information content (AvgIpc) is 2.44. The van der Waals surface area contributed by atoms with Gasteiger partial charge in [-0.25, -0.2) is 9.07 Å². The van der Waals surface area contributed by atoms with Crippen molar-refractivity contribution in [2.45, 2.75) is 13.5 Å². The van der Waals surface area contributed by atoms with Crippen molar-refractivity contribution in [2.24, 2.45) is 0 Å². The number of anilines is 1. The first-order chi connectivity index (χ1) is 9.65. The molecule has 2 rings (SSSR count). The Morgan fingerprint density at radius 3 is 2.90 bits per heavy atom. The van der Waals surface area contributed by atoms with Gasteiger partial charge in [0.25, 0.3) is 5.56 Å². The normalized spacial score (nSPS) is 10.3. The number of halogens is 1. The molecule has 0 amide bonds. The van der Waals surface area contributed by atoms with Gasteiger partial charge in [0.05, 0.1) is 25.5 Å². The van der Waals surface area contributed by atoms with Gasteiger partial charge in [0.1, 0.15) is 0 Å². The first-order valence-corrected chi connectivity index (χ1v) is 6.28. The molecule has 0 aliphatic rings. The molecule has 0 aliphatic carbocycles. The minimum Gasteiger partial charge on any atom is -0.494 e. The van der Waals surface area contributed by atoms with Crippen molar-refractivity contribution in [1.29, 1.82) is 0 Å². The second-order valence-electron chi connectivity index (χ2n) is 4.20. The zero-order valence-electron chi connectivity index (χ0n) is 11.4. The van der Waals surface area contributed by atoms with Gasteiger partial charge in [-0.1, -0.05) is 12.1 Å². The molecule has 0 aliphatic heterocycles. The van der Waals surface area contributed by atoms with Gasteiger partial charge in [0.2, 0.25) is 0 Å². The smallest absolute Gasteiger partial charge is 0.269 e. The van der Waals surface area contributed by atoms with Crippen molar-refractivity contribution in [1.82, 2.24) is 9.78 Å². The van der Waals surface area contributed by atoms with Gasteiger partial charge in [-0.15, -0.1) is 0 Å². The monoisotopic (exact) mass is 277 g/mol. The summed E-state index contributed by atoms with van der Waals surface area (Å²) in [6.45, 7) is 2.70. The molecule has 0 saturated heterocycles. The summed E-state index contributed by atoms with van der Waals surface area (Å²) in [7, 11) is 1.40. The summed E-state index contributed by atoms with van der Waals surface area (Å²) in [6, 6.07) is 6.25. The number of rotatable bonds is 5. The van der Waals surface area contributed by atoms with Crippen LogP contribution in [0.5, 0.6) is 5.75 Å². The van der Waals surface area contributed by atoms with Gasteiger partial charge in [-0.3, -0.25) is 4.79 Å². The molecule has 1 N–H and O–H groups in total. The lowest BCUT2D eigenvalue weighted by atomic mass is 10.2. The largest absolute Gasteiger partial charge is 0.494 e.